The number of nitrogens with zero attached hydrogens (tertiary/aromatic N) is 2. The molecule has 2 unspecified atom stereocenters. The van der Waals surface area contributed by atoms with Crippen LogP contribution in [-0.2, 0) is 9.59 Å². The molecule has 2 aliphatic carbocycles. The fourth-order valence-corrected chi connectivity index (χ4v) is 4.57. The van der Waals surface area contributed by atoms with E-state index in [4.69, 9.17) is 5.10 Å². The molecule has 3 aliphatic rings. The summed E-state index contributed by atoms with van der Waals surface area (Å²) in [5, 5.41) is 14.3. The maximum atomic E-state index is 12.7. The van der Waals surface area contributed by atoms with Crippen molar-refractivity contribution in [2.75, 3.05) is 5.32 Å². The first-order valence-electron chi connectivity index (χ1n) is 11.4. The lowest BCUT2D eigenvalue weighted by Gasteiger charge is -2.34. The fraction of sp³-hybridized carbons (Fsp3) is 0.773. The molecule has 4 rings (SSSR count). The molecule has 1 saturated heterocycles. The molecule has 3 N–H and O–H groups in total. The van der Waals surface area contributed by atoms with Crippen LogP contribution in [0.25, 0.3) is 0 Å². The molecule has 0 bridgehead atoms. The van der Waals surface area contributed by atoms with Gasteiger partial charge in [0.05, 0.1) is 5.69 Å². The van der Waals surface area contributed by atoms with Crippen LogP contribution in [0.5, 0.6) is 0 Å². The number of anilines is 1. The summed E-state index contributed by atoms with van der Waals surface area (Å²) in [5.41, 5.74) is 1.01. The molecule has 1 aromatic heterocycles. The van der Waals surface area contributed by atoms with E-state index in [1.807, 2.05) is 6.07 Å². The van der Waals surface area contributed by atoms with Crippen LogP contribution < -0.4 is 16.0 Å². The summed E-state index contributed by atoms with van der Waals surface area (Å²) in [4.78, 5) is 24.9. The molecule has 0 radical (unpaired) electrons. The van der Waals surface area contributed by atoms with Gasteiger partial charge in [0.25, 0.3) is 0 Å². The number of hydrogen-bond acceptors (Lipinski definition) is 4. The van der Waals surface area contributed by atoms with Gasteiger partial charge in [0, 0.05) is 30.9 Å². The molecule has 160 valence electrons. The Morgan fingerprint density at radius 3 is 2.69 bits per heavy atom. The minimum absolute atomic E-state index is 0.0190. The van der Waals surface area contributed by atoms with E-state index in [0.717, 1.165) is 25.0 Å². The quantitative estimate of drug-likeness (QED) is 0.651. The van der Waals surface area contributed by atoms with Crippen molar-refractivity contribution in [3.63, 3.8) is 0 Å². The average molecular weight is 402 g/mol. The largest absolute Gasteiger partial charge is 0.322 e. The lowest BCUT2D eigenvalue weighted by molar-refractivity contribution is -0.126. The van der Waals surface area contributed by atoms with Crippen LogP contribution in [0.3, 0.4) is 0 Å². The standard InChI is InChI=1S/C22H35N5O2/c1-14(2)17-13-21(29)25-22(23-17)27-19(12-18(26-27)16-9-10-16)24-20(28)11-8-15-6-4-3-5-7-15/h12,14-17,22-23H,3-11,13H2,1-2H3,(H,24,28)(H,25,29). The van der Waals surface area contributed by atoms with Gasteiger partial charge in [-0.15, -0.1) is 0 Å². The van der Waals surface area contributed by atoms with Gasteiger partial charge in [-0.3, -0.25) is 14.9 Å². The van der Waals surface area contributed by atoms with Crippen molar-refractivity contribution in [2.24, 2.45) is 11.8 Å². The molecule has 1 aliphatic heterocycles. The second kappa shape index (κ2) is 8.86. The number of rotatable bonds is 7. The molecule has 2 saturated carbocycles. The molecule has 7 nitrogen and oxygen atoms in total. The van der Waals surface area contributed by atoms with E-state index in [2.05, 4.69) is 29.8 Å². The fourth-order valence-electron chi connectivity index (χ4n) is 4.57. The number of aromatic nitrogens is 2. The van der Waals surface area contributed by atoms with Crippen molar-refractivity contribution < 1.29 is 9.59 Å². The van der Waals surface area contributed by atoms with E-state index in [1.165, 1.54) is 32.1 Å². The molecule has 7 heteroatoms. The summed E-state index contributed by atoms with van der Waals surface area (Å²) in [6, 6.07) is 2.08. The van der Waals surface area contributed by atoms with Crippen molar-refractivity contribution in [1.29, 1.82) is 0 Å². The van der Waals surface area contributed by atoms with Crippen molar-refractivity contribution >= 4 is 17.6 Å². The Hall–Kier alpha value is -1.89. The van der Waals surface area contributed by atoms with Gasteiger partial charge in [0.15, 0.2) is 6.29 Å². The number of carbonyl (C=O) groups is 2. The van der Waals surface area contributed by atoms with E-state index in [-0.39, 0.29) is 17.9 Å². The maximum absolute atomic E-state index is 12.7. The number of amides is 2. The summed E-state index contributed by atoms with van der Waals surface area (Å²) in [6.45, 7) is 4.22. The SMILES string of the molecule is CC(C)C1CC(=O)NC(n2nc(C3CC3)cc2NC(=O)CCC2CCCCC2)N1. The van der Waals surface area contributed by atoms with Crippen molar-refractivity contribution in [3.8, 4) is 0 Å². The van der Waals surface area contributed by atoms with Gasteiger partial charge in [0.2, 0.25) is 11.8 Å². The molecule has 0 spiro atoms. The second-order valence-corrected chi connectivity index (χ2v) is 9.46. The molecule has 0 aromatic carbocycles. The Balaban J connectivity index is 1.44. The van der Waals surface area contributed by atoms with Crippen LogP contribution in [0, 0.1) is 11.8 Å². The molecular weight excluding hydrogens is 366 g/mol. The predicted molar refractivity (Wildman–Crippen MR) is 112 cm³/mol. The van der Waals surface area contributed by atoms with E-state index < -0.39 is 6.29 Å². The third-order valence-electron chi connectivity index (χ3n) is 6.65. The summed E-state index contributed by atoms with van der Waals surface area (Å²) in [5.74, 6) is 2.26. The van der Waals surface area contributed by atoms with Gasteiger partial charge in [-0.2, -0.15) is 5.10 Å². The van der Waals surface area contributed by atoms with E-state index in [1.54, 1.807) is 4.68 Å². The predicted octanol–water partition coefficient (Wildman–Crippen LogP) is 3.65. The van der Waals surface area contributed by atoms with Gasteiger partial charge in [0.1, 0.15) is 5.82 Å². The Morgan fingerprint density at radius 2 is 2.00 bits per heavy atom. The van der Waals surface area contributed by atoms with E-state index in [9.17, 15) is 9.59 Å². The van der Waals surface area contributed by atoms with Crippen molar-refractivity contribution in [3.05, 3.63) is 11.8 Å². The molecule has 29 heavy (non-hydrogen) atoms. The zero-order chi connectivity index (χ0) is 20.4. The van der Waals surface area contributed by atoms with Crippen LogP contribution in [0.15, 0.2) is 6.07 Å². The van der Waals surface area contributed by atoms with Crippen molar-refractivity contribution in [2.45, 2.75) is 96.3 Å². The van der Waals surface area contributed by atoms with Gasteiger partial charge in [-0.05, 0) is 31.1 Å². The van der Waals surface area contributed by atoms with Gasteiger partial charge in [-0.1, -0.05) is 46.0 Å². The smallest absolute Gasteiger partial charge is 0.225 e. The first-order chi connectivity index (χ1) is 14.0. The second-order valence-electron chi connectivity index (χ2n) is 9.46. The van der Waals surface area contributed by atoms with E-state index >= 15 is 0 Å². The normalized spacial score (nSPS) is 25.8. The Morgan fingerprint density at radius 1 is 1.24 bits per heavy atom. The topological polar surface area (TPSA) is 88.1 Å². The van der Waals surface area contributed by atoms with Gasteiger partial charge < -0.3 is 10.6 Å². The lowest BCUT2D eigenvalue weighted by atomic mass is 9.86. The summed E-state index contributed by atoms with van der Waals surface area (Å²) >= 11 is 0. The minimum atomic E-state index is -0.426. The minimum Gasteiger partial charge on any atom is -0.322 e. The third-order valence-corrected chi connectivity index (χ3v) is 6.65. The van der Waals surface area contributed by atoms with Gasteiger partial charge >= 0.3 is 0 Å². The number of carbonyl (C=O) groups excluding carboxylic acids is 2. The molecule has 2 heterocycles. The van der Waals surface area contributed by atoms with Crippen LogP contribution >= 0.6 is 0 Å². The highest BCUT2D eigenvalue weighted by atomic mass is 16.2. The van der Waals surface area contributed by atoms with Crippen LogP contribution in [0.4, 0.5) is 5.82 Å². The third kappa shape index (κ3) is 5.18. The zero-order valence-electron chi connectivity index (χ0n) is 17.7. The average Bonchev–Trinajstić information content (AvgIpc) is 3.47. The Labute approximate surface area is 173 Å². The van der Waals surface area contributed by atoms with Crippen LogP contribution in [-0.4, -0.2) is 27.6 Å². The van der Waals surface area contributed by atoms with Gasteiger partial charge in [-0.25, -0.2) is 4.68 Å². The zero-order valence-corrected chi connectivity index (χ0v) is 17.7. The van der Waals surface area contributed by atoms with Crippen LogP contribution in [0.2, 0.25) is 0 Å². The molecule has 2 atom stereocenters. The highest BCUT2D eigenvalue weighted by Gasteiger charge is 2.33. The first-order valence-corrected chi connectivity index (χ1v) is 11.4. The Bertz CT molecular complexity index is 734. The summed E-state index contributed by atoms with van der Waals surface area (Å²) in [7, 11) is 0. The molecular formula is C22H35N5O2. The first kappa shape index (κ1) is 20.4. The number of nitrogens with one attached hydrogen (secondary N) is 3. The molecule has 2 amide bonds. The van der Waals surface area contributed by atoms with Crippen LogP contribution in [0.1, 0.15) is 96.0 Å². The van der Waals surface area contributed by atoms with E-state index in [0.29, 0.717) is 36.4 Å². The highest BCUT2D eigenvalue weighted by molar-refractivity contribution is 5.90. The maximum Gasteiger partial charge on any atom is 0.225 e. The summed E-state index contributed by atoms with van der Waals surface area (Å²) in [6.07, 6.45) is 10.3. The number of hydrogen-bond donors (Lipinski definition) is 3. The molecule has 3 fully saturated rings. The molecule has 1 aromatic rings. The Kier molecular flexibility index (Phi) is 6.23. The monoisotopic (exact) mass is 401 g/mol. The lowest BCUT2D eigenvalue weighted by Crippen LogP contribution is -2.55. The summed E-state index contributed by atoms with van der Waals surface area (Å²) < 4.78 is 1.76. The van der Waals surface area contributed by atoms with Crippen molar-refractivity contribution in [1.82, 2.24) is 20.4 Å². The highest BCUT2D eigenvalue weighted by Crippen LogP contribution is 2.40.